The van der Waals surface area contributed by atoms with Crippen molar-refractivity contribution in [3.8, 4) is 11.8 Å². The fraction of sp³-hybridized carbons (Fsp3) is 0.188. The molecule has 0 aliphatic heterocycles. The zero-order valence-electron chi connectivity index (χ0n) is 12.4. The van der Waals surface area contributed by atoms with Gasteiger partial charge in [0, 0.05) is 13.6 Å². The number of hydrogen-bond acceptors (Lipinski definition) is 4. The molecule has 0 unspecified atom stereocenters. The molecule has 5 nitrogen and oxygen atoms in total. The monoisotopic (exact) mass is 316 g/mol. The van der Waals surface area contributed by atoms with Crippen molar-refractivity contribution in [2.75, 3.05) is 14.2 Å². The zero-order chi connectivity index (χ0) is 16.2. The minimum Gasteiger partial charge on any atom is -0.497 e. The highest BCUT2D eigenvalue weighted by Gasteiger charge is 2.20. The third-order valence-electron chi connectivity index (χ3n) is 3.26. The van der Waals surface area contributed by atoms with Gasteiger partial charge in [0.15, 0.2) is 0 Å². The minimum atomic E-state index is -3.59. The highest BCUT2D eigenvalue weighted by atomic mass is 32.2. The summed E-state index contributed by atoms with van der Waals surface area (Å²) in [4.78, 5) is 0.169. The van der Waals surface area contributed by atoms with Crippen molar-refractivity contribution >= 4 is 10.0 Å². The van der Waals surface area contributed by atoms with E-state index in [4.69, 9.17) is 10.00 Å². The van der Waals surface area contributed by atoms with Gasteiger partial charge in [-0.25, -0.2) is 8.42 Å². The summed E-state index contributed by atoms with van der Waals surface area (Å²) < 4.78 is 31.3. The number of sulfonamides is 1. The van der Waals surface area contributed by atoms with Crippen LogP contribution in [0.25, 0.3) is 0 Å². The first-order valence-electron chi connectivity index (χ1n) is 6.57. The molecule has 22 heavy (non-hydrogen) atoms. The van der Waals surface area contributed by atoms with Crippen molar-refractivity contribution < 1.29 is 13.2 Å². The normalized spacial score (nSPS) is 11.2. The minimum absolute atomic E-state index is 0.169. The van der Waals surface area contributed by atoms with Crippen LogP contribution < -0.4 is 4.74 Å². The quantitative estimate of drug-likeness (QED) is 0.849. The van der Waals surface area contributed by atoms with Crippen LogP contribution in [-0.4, -0.2) is 26.9 Å². The van der Waals surface area contributed by atoms with Crippen molar-refractivity contribution in [1.82, 2.24) is 4.31 Å². The Labute approximate surface area is 130 Å². The summed E-state index contributed by atoms with van der Waals surface area (Å²) in [5.74, 6) is 0.723. The van der Waals surface area contributed by atoms with E-state index in [0.29, 0.717) is 5.56 Å². The molecule has 0 amide bonds. The van der Waals surface area contributed by atoms with Crippen LogP contribution >= 0.6 is 0 Å². The maximum Gasteiger partial charge on any atom is 0.243 e. The Kier molecular flexibility index (Phi) is 4.81. The lowest BCUT2D eigenvalue weighted by molar-refractivity contribution is 0.414. The fourth-order valence-corrected chi connectivity index (χ4v) is 3.11. The molecule has 0 spiro atoms. The van der Waals surface area contributed by atoms with Crippen LogP contribution in [0.1, 0.15) is 11.1 Å². The second kappa shape index (κ2) is 6.60. The predicted molar refractivity (Wildman–Crippen MR) is 82.8 cm³/mol. The van der Waals surface area contributed by atoms with Gasteiger partial charge in [0.2, 0.25) is 10.0 Å². The number of methoxy groups -OCH3 is 1. The maximum absolute atomic E-state index is 12.5. The third kappa shape index (κ3) is 3.45. The van der Waals surface area contributed by atoms with Crippen LogP contribution in [0.15, 0.2) is 53.4 Å². The van der Waals surface area contributed by atoms with Crippen LogP contribution in [0, 0.1) is 11.3 Å². The summed E-state index contributed by atoms with van der Waals surface area (Å²) in [6.45, 7) is 0.256. The molecule has 0 aromatic heterocycles. The molecule has 0 saturated carbocycles. The number of ether oxygens (including phenoxy) is 1. The van der Waals surface area contributed by atoms with Crippen molar-refractivity contribution in [3.05, 3.63) is 59.7 Å². The molecule has 2 aromatic carbocycles. The number of rotatable bonds is 5. The Hall–Kier alpha value is -2.36. The number of nitriles is 1. The first-order chi connectivity index (χ1) is 10.5. The van der Waals surface area contributed by atoms with Crippen LogP contribution in [0.4, 0.5) is 0 Å². The fourth-order valence-electron chi connectivity index (χ4n) is 1.95. The van der Waals surface area contributed by atoms with Gasteiger partial charge in [-0.15, -0.1) is 0 Å². The van der Waals surface area contributed by atoms with Gasteiger partial charge in [-0.3, -0.25) is 0 Å². The van der Waals surface area contributed by atoms with E-state index >= 15 is 0 Å². The van der Waals surface area contributed by atoms with Crippen LogP contribution in [0.3, 0.4) is 0 Å². The lowest BCUT2D eigenvalue weighted by atomic mass is 10.2. The van der Waals surface area contributed by atoms with Crippen LogP contribution in [0.5, 0.6) is 5.75 Å². The van der Waals surface area contributed by atoms with Crippen LogP contribution in [-0.2, 0) is 16.6 Å². The lowest BCUT2D eigenvalue weighted by Crippen LogP contribution is -2.26. The molecule has 2 aromatic rings. The third-order valence-corrected chi connectivity index (χ3v) is 5.07. The molecule has 0 saturated heterocycles. The molecule has 0 aliphatic carbocycles. The standard InChI is InChI=1S/C16H16N2O3S/c1-18(12-14-3-7-15(21-2)8-4-14)22(19,20)16-9-5-13(11-17)6-10-16/h3-10H,12H2,1-2H3. The van der Waals surface area contributed by atoms with Gasteiger partial charge in [-0.2, -0.15) is 9.57 Å². The smallest absolute Gasteiger partial charge is 0.243 e. The summed E-state index contributed by atoms with van der Waals surface area (Å²) in [5.41, 5.74) is 1.29. The van der Waals surface area contributed by atoms with Crippen molar-refractivity contribution in [1.29, 1.82) is 5.26 Å². The van der Waals surface area contributed by atoms with Gasteiger partial charge in [0.05, 0.1) is 23.6 Å². The van der Waals surface area contributed by atoms with E-state index in [1.807, 2.05) is 18.2 Å². The second-order valence-electron chi connectivity index (χ2n) is 4.75. The van der Waals surface area contributed by atoms with Gasteiger partial charge in [0.1, 0.15) is 5.75 Å². The maximum atomic E-state index is 12.5. The SMILES string of the molecule is COc1ccc(CN(C)S(=O)(=O)c2ccc(C#N)cc2)cc1. The summed E-state index contributed by atoms with van der Waals surface area (Å²) in [6.07, 6.45) is 0. The average Bonchev–Trinajstić information content (AvgIpc) is 2.55. The van der Waals surface area contributed by atoms with Crippen LogP contribution in [0.2, 0.25) is 0 Å². The topological polar surface area (TPSA) is 70.4 Å². The van der Waals surface area contributed by atoms with Gasteiger partial charge in [-0.1, -0.05) is 12.1 Å². The Bertz CT molecular complexity index is 776. The summed E-state index contributed by atoms with van der Waals surface area (Å²) >= 11 is 0. The average molecular weight is 316 g/mol. The molecule has 0 fully saturated rings. The first-order valence-corrected chi connectivity index (χ1v) is 8.01. The molecule has 0 atom stereocenters. The number of benzene rings is 2. The second-order valence-corrected chi connectivity index (χ2v) is 6.79. The van der Waals surface area contributed by atoms with Gasteiger partial charge in [-0.05, 0) is 42.0 Å². The molecular weight excluding hydrogens is 300 g/mol. The van der Waals surface area contributed by atoms with E-state index in [1.165, 1.54) is 35.6 Å². The van der Waals surface area contributed by atoms with Gasteiger partial charge in [0.25, 0.3) is 0 Å². The van der Waals surface area contributed by atoms with E-state index in [9.17, 15) is 8.42 Å². The summed E-state index contributed by atoms with van der Waals surface area (Å²) in [6, 6.07) is 15.1. The van der Waals surface area contributed by atoms with E-state index in [2.05, 4.69) is 0 Å². The van der Waals surface area contributed by atoms with Crippen molar-refractivity contribution in [3.63, 3.8) is 0 Å². The van der Waals surface area contributed by atoms with Gasteiger partial charge >= 0.3 is 0 Å². The van der Waals surface area contributed by atoms with E-state index < -0.39 is 10.0 Å². The van der Waals surface area contributed by atoms with E-state index in [0.717, 1.165) is 11.3 Å². The molecule has 0 aliphatic rings. The Morgan fingerprint density at radius 1 is 1.09 bits per heavy atom. The zero-order valence-corrected chi connectivity index (χ0v) is 13.2. The highest BCUT2D eigenvalue weighted by Crippen LogP contribution is 2.18. The molecule has 0 bridgehead atoms. The Morgan fingerprint density at radius 3 is 2.18 bits per heavy atom. The predicted octanol–water partition coefficient (Wildman–Crippen LogP) is 2.39. The first kappa shape index (κ1) is 16.0. The Morgan fingerprint density at radius 2 is 1.68 bits per heavy atom. The Balaban J connectivity index is 2.18. The molecule has 114 valence electrons. The molecule has 6 heteroatoms. The summed E-state index contributed by atoms with van der Waals surface area (Å²) in [7, 11) is -0.480. The number of nitrogens with zero attached hydrogens (tertiary/aromatic N) is 2. The molecular formula is C16H16N2O3S. The molecule has 0 N–H and O–H groups in total. The molecule has 2 rings (SSSR count). The number of hydrogen-bond donors (Lipinski definition) is 0. The molecule has 0 heterocycles. The highest BCUT2D eigenvalue weighted by molar-refractivity contribution is 7.89. The van der Waals surface area contributed by atoms with Gasteiger partial charge < -0.3 is 4.74 Å². The lowest BCUT2D eigenvalue weighted by Gasteiger charge is -2.17. The van der Waals surface area contributed by atoms with Crippen molar-refractivity contribution in [2.45, 2.75) is 11.4 Å². The largest absolute Gasteiger partial charge is 0.497 e. The van der Waals surface area contributed by atoms with E-state index in [1.54, 1.807) is 19.2 Å². The van der Waals surface area contributed by atoms with Crippen molar-refractivity contribution in [2.24, 2.45) is 0 Å². The summed E-state index contributed by atoms with van der Waals surface area (Å²) in [5, 5.41) is 8.76. The molecule has 0 radical (unpaired) electrons. The van der Waals surface area contributed by atoms with E-state index in [-0.39, 0.29) is 11.4 Å².